The molecule has 122 valence electrons. The Morgan fingerprint density at radius 1 is 1.39 bits per heavy atom. The van der Waals surface area contributed by atoms with Gasteiger partial charge in [0.1, 0.15) is 6.20 Å². The van der Waals surface area contributed by atoms with Gasteiger partial charge in [0.2, 0.25) is 0 Å². The molecule has 0 amide bonds. The van der Waals surface area contributed by atoms with Crippen molar-refractivity contribution >= 4 is 11.7 Å². The van der Waals surface area contributed by atoms with Crippen LogP contribution in [-0.2, 0) is 22.7 Å². The number of nitrogens with zero attached hydrogens (tertiary/aromatic N) is 3. The molecule has 2 rings (SSSR count). The molecule has 0 aliphatic carbocycles. The number of hydrogen-bond donors (Lipinski definition) is 1. The number of hydrogen-bond acceptors (Lipinski definition) is 6. The summed E-state index contributed by atoms with van der Waals surface area (Å²) in [5, 5.41) is 15.3. The van der Waals surface area contributed by atoms with E-state index in [1.165, 1.54) is 10.9 Å². The van der Waals surface area contributed by atoms with Crippen molar-refractivity contribution in [2.45, 2.75) is 32.9 Å². The van der Waals surface area contributed by atoms with Crippen LogP contribution in [0, 0.1) is 10.1 Å². The molecule has 0 spiro atoms. The van der Waals surface area contributed by atoms with Crippen LogP contribution in [0.25, 0.3) is 0 Å². The fraction of sp³-hybridized carbons (Fsp3) is 0.333. The molecule has 0 saturated heterocycles. The maximum atomic E-state index is 11.3. The Balaban J connectivity index is 2.03. The fourth-order valence-corrected chi connectivity index (χ4v) is 2.02. The van der Waals surface area contributed by atoms with Crippen molar-refractivity contribution in [2.75, 3.05) is 0 Å². The summed E-state index contributed by atoms with van der Waals surface area (Å²) in [6.07, 6.45) is 2.34. The van der Waals surface area contributed by atoms with E-state index < -0.39 is 10.9 Å². The Morgan fingerprint density at radius 2 is 2.13 bits per heavy atom. The lowest BCUT2D eigenvalue weighted by atomic mass is 10.2. The van der Waals surface area contributed by atoms with E-state index in [4.69, 9.17) is 4.84 Å². The molecule has 0 fully saturated rings. The van der Waals surface area contributed by atoms with E-state index in [2.05, 4.69) is 10.6 Å². The Bertz CT molecular complexity index is 669. The lowest BCUT2D eigenvalue weighted by molar-refractivity contribution is -0.385. The highest BCUT2D eigenvalue weighted by molar-refractivity contribution is 5.68. The van der Waals surface area contributed by atoms with Gasteiger partial charge in [-0.15, -0.1) is 5.48 Å². The molecule has 23 heavy (non-hydrogen) atoms. The van der Waals surface area contributed by atoms with Crippen molar-refractivity contribution in [1.29, 1.82) is 0 Å². The second-order valence-electron chi connectivity index (χ2n) is 4.95. The summed E-state index contributed by atoms with van der Waals surface area (Å²) in [5.41, 5.74) is 3.52. The van der Waals surface area contributed by atoms with E-state index >= 15 is 0 Å². The summed E-state index contributed by atoms with van der Waals surface area (Å²) in [6, 6.07) is 9.51. The summed E-state index contributed by atoms with van der Waals surface area (Å²) < 4.78 is 1.50. The molecule has 1 N–H and O–H groups in total. The number of carbonyl (C=O) groups excluding carboxylic acids is 1. The maximum absolute atomic E-state index is 11.3. The van der Waals surface area contributed by atoms with Gasteiger partial charge in [-0.05, 0) is 12.0 Å². The first-order chi connectivity index (χ1) is 11.1. The van der Waals surface area contributed by atoms with E-state index in [0.717, 1.165) is 5.56 Å². The lowest BCUT2D eigenvalue weighted by Gasteiger charge is -2.03. The zero-order valence-corrected chi connectivity index (χ0v) is 12.8. The number of carbonyl (C=O) groups is 1. The highest BCUT2D eigenvalue weighted by Gasteiger charge is 2.19. The largest absolute Gasteiger partial charge is 0.370 e. The Labute approximate surface area is 133 Å². The molecule has 0 unspecified atom stereocenters. The monoisotopic (exact) mass is 318 g/mol. The first kappa shape index (κ1) is 16.6. The molecule has 0 aliphatic rings. The number of rotatable bonds is 8. The van der Waals surface area contributed by atoms with Gasteiger partial charge in [0, 0.05) is 6.42 Å². The first-order valence-electron chi connectivity index (χ1n) is 7.27. The van der Waals surface area contributed by atoms with Crippen LogP contribution in [0.5, 0.6) is 0 Å². The number of aromatic nitrogens is 2. The molecule has 2 aromatic rings. The molecule has 1 heterocycles. The summed E-state index contributed by atoms with van der Waals surface area (Å²) in [7, 11) is 0. The van der Waals surface area contributed by atoms with Crippen LogP contribution in [0.3, 0.4) is 0 Å². The second-order valence-corrected chi connectivity index (χ2v) is 4.95. The smallest absolute Gasteiger partial charge is 0.324 e. The van der Waals surface area contributed by atoms with Gasteiger partial charge in [0.05, 0.1) is 18.0 Å². The van der Waals surface area contributed by atoms with Crippen molar-refractivity contribution in [1.82, 2.24) is 15.3 Å². The number of hydroxylamine groups is 1. The molecular weight excluding hydrogens is 300 g/mol. The minimum atomic E-state index is -0.501. The summed E-state index contributed by atoms with van der Waals surface area (Å²) in [5.74, 6) is -0.404. The van der Waals surface area contributed by atoms with Gasteiger partial charge in [0.15, 0.2) is 5.69 Å². The van der Waals surface area contributed by atoms with E-state index in [1.54, 1.807) is 0 Å². The van der Waals surface area contributed by atoms with Crippen molar-refractivity contribution in [3.63, 3.8) is 0 Å². The van der Waals surface area contributed by atoms with Crippen molar-refractivity contribution in [2.24, 2.45) is 0 Å². The van der Waals surface area contributed by atoms with E-state index in [1.807, 2.05) is 37.3 Å². The lowest BCUT2D eigenvalue weighted by Crippen LogP contribution is -2.20. The van der Waals surface area contributed by atoms with Gasteiger partial charge in [0.25, 0.3) is 0 Å². The van der Waals surface area contributed by atoms with Gasteiger partial charge in [-0.1, -0.05) is 37.3 Å². The summed E-state index contributed by atoms with van der Waals surface area (Å²) in [6.45, 7) is 2.27. The topological polar surface area (TPSA) is 99.3 Å². The molecule has 0 bridgehead atoms. The molecular formula is C15H18N4O4. The molecule has 8 heteroatoms. The molecule has 8 nitrogen and oxygen atoms in total. The fourth-order valence-electron chi connectivity index (χ4n) is 2.02. The normalized spacial score (nSPS) is 10.5. The van der Waals surface area contributed by atoms with Gasteiger partial charge in [-0.25, -0.2) is 0 Å². The van der Waals surface area contributed by atoms with Crippen molar-refractivity contribution in [3.05, 3.63) is 57.9 Å². The Kier molecular flexibility index (Phi) is 5.81. The van der Waals surface area contributed by atoms with Crippen LogP contribution in [0.15, 0.2) is 36.5 Å². The average Bonchev–Trinajstić information content (AvgIpc) is 2.91. The summed E-state index contributed by atoms with van der Waals surface area (Å²) >= 11 is 0. The molecule has 0 radical (unpaired) electrons. The Morgan fingerprint density at radius 3 is 2.78 bits per heavy atom. The van der Waals surface area contributed by atoms with E-state index in [9.17, 15) is 14.9 Å². The van der Waals surface area contributed by atoms with Crippen LogP contribution in [-0.4, -0.2) is 20.7 Å². The minimum absolute atomic E-state index is 0.0203. The van der Waals surface area contributed by atoms with Gasteiger partial charge >= 0.3 is 11.7 Å². The van der Waals surface area contributed by atoms with Crippen LogP contribution < -0.4 is 5.48 Å². The number of nitrogens with one attached hydrogen (secondary N) is 1. The van der Waals surface area contributed by atoms with Crippen LogP contribution in [0.1, 0.15) is 31.0 Å². The predicted octanol–water partition coefficient (Wildman–Crippen LogP) is 2.19. The van der Waals surface area contributed by atoms with Crippen LogP contribution in [0.4, 0.5) is 5.69 Å². The van der Waals surface area contributed by atoms with Crippen molar-refractivity contribution < 1.29 is 14.6 Å². The van der Waals surface area contributed by atoms with Gasteiger partial charge in [-0.2, -0.15) is 5.10 Å². The summed E-state index contributed by atoms with van der Waals surface area (Å²) in [4.78, 5) is 26.6. The third-order valence-electron chi connectivity index (χ3n) is 3.08. The maximum Gasteiger partial charge on any atom is 0.324 e. The quantitative estimate of drug-likeness (QED) is 0.591. The van der Waals surface area contributed by atoms with Crippen LogP contribution >= 0.6 is 0 Å². The van der Waals surface area contributed by atoms with E-state index in [-0.39, 0.29) is 24.3 Å². The average molecular weight is 318 g/mol. The molecule has 0 atom stereocenters. The Hall–Kier alpha value is -2.74. The second kappa shape index (κ2) is 8.04. The van der Waals surface area contributed by atoms with Crippen LogP contribution in [0.2, 0.25) is 0 Å². The highest BCUT2D eigenvalue weighted by Crippen LogP contribution is 2.17. The van der Waals surface area contributed by atoms with Gasteiger partial charge < -0.3 is 4.84 Å². The molecule has 0 saturated carbocycles. The predicted molar refractivity (Wildman–Crippen MR) is 82.3 cm³/mol. The highest BCUT2D eigenvalue weighted by atomic mass is 16.7. The molecule has 1 aromatic carbocycles. The zero-order valence-electron chi connectivity index (χ0n) is 12.8. The third-order valence-corrected chi connectivity index (χ3v) is 3.08. The van der Waals surface area contributed by atoms with Crippen molar-refractivity contribution in [3.8, 4) is 0 Å². The standard InChI is InChI=1S/C15H18N4O4/c1-2-6-15(20)23-16-9-13-14(19(21)22)11-18(17-13)10-12-7-4-3-5-8-12/h3-5,7-8,11,16H,2,6,9-10H2,1H3. The van der Waals surface area contributed by atoms with E-state index in [0.29, 0.717) is 13.0 Å². The zero-order chi connectivity index (χ0) is 16.7. The molecule has 1 aromatic heterocycles. The molecule has 0 aliphatic heterocycles. The number of benzene rings is 1. The minimum Gasteiger partial charge on any atom is -0.370 e. The third kappa shape index (κ3) is 4.89. The SMILES string of the molecule is CCCC(=O)ONCc1nn(Cc2ccccc2)cc1[N+](=O)[O-]. The van der Waals surface area contributed by atoms with Gasteiger partial charge in [-0.3, -0.25) is 19.6 Å². The first-order valence-corrected chi connectivity index (χ1v) is 7.27. The number of nitro groups is 1.